The number of rotatable bonds is 2. The van der Waals surface area contributed by atoms with Gasteiger partial charge in [-0.25, -0.2) is 9.78 Å². The van der Waals surface area contributed by atoms with Crippen molar-refractivity contribution in [2.24, 2.45) is 0 Å². The van der Waals surface area contributed by atoms with Gasteiger partial charge in [-0.1, -0.05) is 0 Å². The van der Waals surface area contributed by atoms with Gasteiger partial charge in [0, 0.05) is 18.5 Å². The Morgan fingerprint density at radius 1 is 1.22 bits per heavy atom. The van der Waals surface area contributed by atoms with E-state index >= 15 is 0 Å². The van der Waals surface area contributed by atoms with Crippen LogP contribution in [0.3, 0.4) is 0 Å². The Hall–Kier alpha value is -1.63. The van der Waals surface area contributed by atoms with Gasteiger partial charge in [-0.05, 0) is 54.1 Å². The number of carbonyl (C=O) groups is 1. The van der Waals surface area contributed by atoms with E-state index in [0.717, 1.165) is 54.3 Å². The van der Waals surface area contributed by atoms with Crippen LogP contribution in [0.25, 0.3) is 10.9 Å². The molecule has 2 aromatic heterocycles. The lowest BCUT2D eigenvalue weighted by Gasteiger charge is -2.34. The number of ether oxygens (including phenoxy) is 1. The maximum absolute atomic E-state index is 12.1. The zero-order valence-corrected chi connectivity index (χ0v) is 14.4. The molecule has 0 spiro atoms. The molecule has 23 heavy (non-hydrogen) atoms. The van der Waals surface area contributed by atoms with Crippen molar-refractivity contribution in [1.29, 1.82) is 0 Å². The number of fused-ring (bicyclic) bond motifs is 1. The minimum Gasteiger partial charge on any atom is -0.446 e. The van der Waals surface area contributed by atoms with Crippen LogP contribution in [0, 0.1) is 0 Å². The lowest BCUT2D eigenvalue weighted by Crippen LogP contribution is -2.41. The second kappa shape index (κ2) is 6.11. The van der Waals surface area contributed by atoms with E-state index in [1.54, 1.807) is 0 Å². The zero-order chi connectivity index (χ0) is 15.8. The summed E-state index contributed by atoms with van der Waals surface area (Å²) in [6, 6.07) is 2.28. The topological polar surface area (TPSA) is 60.2 Å². The summed E-state index contributed by atoms with van der Waals surface area (Å²) in [4.78, 5) is 18.2. The largest absolute Gasteiger partial charge is 0.446 e. The third kappa shape index (κ3) is 2.94. The van der Waals surface area contributed by atoms with Gasteiger partial charge in [0.15, 0.2) is 0 Å². The third-order valence-electron chi connectivity index (χ3n) is 4.84. The number of carbonyl (C=O) groups excluding carboxylic acids is 1. The van der Waals surface area contributed by atoms with E-state index in [-0.39, 0.29) is 12.2 Å². The van der Waals surface area contributed by atoms with Crippen LogP contribution in [0.4, 0.5) is 4.79 Å². The van der Waals surface area contributed by atoms with Gasteiger partial charge in [0.05, 0.1) is 24.0 Å². The first-order valence-electron chi connectivity index (χ1n) is 8.15. The first-order chi connectivity index (χ1) is 11.2. The molecule has 7 heteroatoms. The molecule has 2 fully saturated rings. The highest BCUT2D eigenvalue weighted by Gasteiger charge is 2.29. The minimum atomic E-state index is -0.149. The molecule has 1 saturated heterocycles. The van der Waals surface area contributed by atoms with E-state index in [0.29, 0.717) is 6.04 Å². The molecule has 4 rings (SSSR count). The number of likely N-dealkylation sites (tertiary alicyclic amines) is 1. The van der Waals surface area contributed by atoms with Gasteiger partial charge in [0.2, 0.25) is 0 Å². The molecule has 0 atom stereocenters. The predicted octanol–water partition coefficient (Wildman–Crippen LogP) is 3.52. The quantitative estimate of drug-likeness (QED) is 0.750. The fraction of sp³-hybridized carbons (Fsp3) is 0.562. The number of amides is 1. The summed E-state index contributed by atoms with van der Waals surface area (Å²) in [6.45, 7) is 1.45. The van der Waals surface area contributed by atoms with Gasteiger partial charge < -0.3 is 9.64 Å². The summed E-state index contributed by atoms with van der Waals surface area (Å²) in [5.41, 5.74) is 1.05. The molecule has 0 bridgehead atoms. The van der Waals surface area contributed by atoms with Crippen molar-refractivity contribution >= 4 is 32.9 Å². The molecule has 6 nitrogen and oxygen atoms in total. The van der Waals surface area contributed by atoms with Crippen molar-refractivity contribution in [2.45, 2.75) is 44.2 Å². The van der Waals surface area contributed by atoms with Gasteiger partial charge in [0.1, 0.15) is 10.7 Å². The van der Waals surface area contributed by atoms with Crippen LogP contribution in [0.5, 0.6) is 0 Å². The van der Waals surface area contributed by atoms with Crippen LogP contribution in [-0.2, 0) is 4.74 Å². The number of hydrogen-bond acceptors (Lipinski definition) is 4. The Morgan fingerprint density at radius 2 is 2.00 bits per heavy atom. The average molecular weight is 379 g/mol. The highest BCUT2D eigenvalue weighted by Crippen LogP contribution is 2.28. The van der Waals surface area contributed by atoms with Crippen molar-refractivity contribution in [2.75, 3.05) is 13.1 Å². The van der Waals surface area contributed by atoms with Crippen LogP contribution in [0.1, 0.15) is 38.1 Å². The molecule has 122 valence electrons. The average Bonchev–Trinajstić information content (AvgIpc) is 2.93. The fourth-order valence-corrected chi connectivity index (χ4v) is 3.56. The normalized spacial score (nSPS) is 19.8. The maximum Gasteiger partial charge on any atom is 0.410 e. The van der Waals surface area contributed by atoms with Crippen LogP contribution < -0.4 is 0 Å². The molecule has 2 aliphatic rings. The Morgan fingerprint density at radius 3 is 2.70 bits per heavy atom. The smallest absolute Gasteiger partial charge is 0.410 e. The number of halogens is 1. The predicted molar refractivity (Wildman–Crippen MR) is 89.2 cm³/mol. The van der Waals surface area contributed by atoms with E-state index < -0.39 is 0 Å². The Labute approximate surface area is 142 Å². The van der Waals surface area contributed by atoms with E-state index in [4.69, 9.17) is 4.74 Å². The SMILES string of the molecule is O=C(OC1CCC1)N1CCC(n2ncc3cc(Br)ncc32)CC1. The Balaban J connectivity index is 1.41. The molecule has 2 aromatic rings. The maximum atomic E-state index is 12.1. The summed E-state index contributed by atoms with van der Waals surface area (Å²) in [5.74, 6) is 0. The van der Waals surface area contributed by atoms with Crippen molar-refractivity contribution < 1.29 is 9.53 Å². The summed E-state index contributed by atoms with van der Waals surface area (Å²) >= 11 is 3.39. The standard InChI is InChI=1S/C16H19BrN4O2/c17-15-8-11-9-19-21(14(11)10-18-15)12-4-6-20(7-5-12)16(22)23-13-2-1-3-13/h8-10,12-13H,1-7H2. The van der Waals surface area contributed by atoms with Crippen LogP contribution in [-0.4, -0.2) is 45.0 Å². The van der Waals surface area contributed by atoms with Crippen LogP contribution in [0.2, 0.25) is 0 Å². The highest BCUT2D eigenvalue weighted by atomic mass is 79.9. The Bertz CT molecular complexity index is 720. The molecular weight excluding hydrogens is 360 g/mol. The fourth-order valence-electron chi connectivity index (χ4n) is 3.21. The van der Waals surface area contributed by atoms with Crippen molar-refractivity contribution in [3.05, 3.63) is 23.1 Å². The second-order valence-electron chi connectivity index (χ2n) is 6.31. The van der Waals surface area contributed by atoms with Crippen molar-refractivity contribution in [3.8, 4) is 0 Å². The molecular formula is C16H19BrN4O2. The lowest BCUT2D eigenvalue weighted by atomic mass is 9.96. The number of pyridine rings is 1. The van der Waals surface area contributed by atoms with E-state index in [2.05, 4.69) is 26.0 Å². The monoisotopic (exact) mass is 378 g/mol. The number of piperidine rings is 1. The molecule has 1 saturated carbocycles. The van der Waals surface area contributed by atoms with E-state index in [9.17, 15) is 4.79 Å². The van der Waals surface area contributed by atoms with Crippen LogP contribution in [0.15, 0.2) is 23.1 Å². The van der Waals surface area contributed by atoms with E-state index in [1.807, 2.05) is 28.0 Å². The molecule has 0 radical (unpaired) electrons. The number of aromatic nitrogens is 3. The van der Waals surface area contributed by atoms with Crippen molar-refractivity contribution in [1.82, 2.24) is 19.7 Å². The highest BCUT2D eigenvalue weighted by molar-refractivity contribution is 9.10. The zero-order valence-electron chi connectivity index (χ0n) is 12.8. The first kappa shape index (κ1) is 14.9. The second-order valence-corrected chi connectivity index (χ2v) is 7.12. The summed E-state index contributed by atoms with van der Waals surface area (Å²) in [6.07, 6.45) is 8.73. The van der Waals surface area contributed by atoms with Crippen molar-refractivity contribution in [3.63, 3.8) is 0 Å². The molecule has 0 unspecified atom stereocenters. The van der Waals surface area contributed by atoms with Gasteiger partial charge >= 0.3 is 6.09 Å². The molecule has 1 aliphatic carbocycles. The molecule has 1 amide bonds. The van der Waals surface area contributed by atoms with E-state index in [1.165, 1.54) is 6.42 Å². The lowest BCUT2D eigenvalue weighted by molar-refractivity contribution is 0.0207. The molecule has 1 aliphatic heterocycles. The molecule has 0 aromatic carbocycles. The first-order valence-corrected chi connectivity index (χ1v) is 8.94. The molecule has 3 heterocycles. The number of nitrogens with zero attached hydrogens (tertiary/aromatic N) is 4. The molecule has 0 N–H and O–H groups in total. The van der Waals surface area contributed by atoms with Gasteiger partial charge in [0.25, 0.3) is 0 Å². The summed E-state index contributed by atoms with van der Waals surface area (Å²) in [7, 11) is 0. The Kier molecular flexibility index (Phi) is 3.97. The number of hydrogen-bond donors (Lipinski definition) is 0. The summed E-state index contributed by atoms with van der Waals surface area (Å²) < 4.78 is 8.35. The van der Waals surface area contributed by atoms with Crippen LogP contribution >= 0.6 is 15.9 Å². The van der Waals surface area contributed by atoms with Gasteiger partial charge in [-0.2, -0.15) is 5.10 Å². The third-order valence-corrected chi connectivity index (χ3v) is 5.27. The summed E-state index contributed by atoms with van der Waals surface area (Å²) in [5, 5.41) is 5.60. The minimum absolute atomic E-state index is 0.149. The van der Waals surface area contributed by atoms with Gasteiger partial charge in [-0.15, -0.1) is 0 Å². The van der Waals surface area contributed by atoms with Gasteiger partial charge in [-0.3, -0.25) is 4.68 Å².